The number of urea groups is 1. The van der Waals surface area contributed by atoms with E-state index in [-0.39, 0.29) is 12.1 Å². The average molecular weight is 297 g/mol. The molecular weight excluding hydrogens is 270 g/mol. The van der Waals surface area contributed by atoms with Crippen LogP contribution in [-0.4, -0.2) is 66.7 Å². The number of rotatable bonds is 4. The van der Waals surface area contributed by atoms with Gasteiger partial charge in [-0.2, -0.15) is 0 Å². The molecule has 2 rings (SSSR count). The summed E-state index contributed by atoms with van der Waals surface area (Å²) < 4.78 is 0. The zero-order valence-electron chi connectivity index (χ0n) is 13.0. The van der Waals surface area contributed by atoms with Gasteiger partial charge in [-0.05, 0) is 51.7 Å². The minimum absolute atomic E-state index is 0.132. The van der Waals surface area contributed by atoms with Crippen LogP contribution < -0.4 is 5.32 Å². The Morgan fingerprint density at radius 1 is 1.24 bits per heavy atom. The van der Waals surface area contributed by atoms with Gasteiger partial charge in [0.15, 0.2) is 0 Å². The van der Waals surface area contributed by atoms with Crippen LogP contribution in [0.15, 0.2) is 0 Å². The molecule has 0 aromatic heterocycles. The largest absolute Gasteiger partial charge is 0.481 e. The lowest BCUT2D eigenvalue weighted by atomic mass is 9.97. The summed E-state index contributed by atoms with van der Waals surface area (Å²) >= 11 is 0. The first-order chi connectivity index (χ1) is 9.97. The van der Waals surface area contributed by atoms with Crippen LogP contribution in [-0.2, 0) is 4.79 Å². The minimum Gasteiger partial charge on any atom is -0.481 e. The second-order valence-corrected chi connectivity index (χ2v) is 6.56. The number of amides is 2. The molecule has 2 atom stereocenters. The molecule has 2 unspecified atom stereocenters. The maximum atomic E-state index is 12.2. The molecule has 1 saturated carbocycles. The third-order valence-electron chi connectivity index (χ3n) is 4.86. The summed E-state index contributed by atoms with van der Waals surface area (Å²) in [5, 5.41) is 12.1. The molecule has 6 nitrogen and oxygen atoms in total. The van der Waals surface area contributed by atoms with Gasteiger partial charge < -0.3 is 20.2 Å². The van der Waals surface area contributed by atoms with Crippen LogP contribution in [0.3, 0.4) is 0 Å². The van der Waals surface area contributed by atoms with Crippen molar-refractivity contribution in [3.8, 4) is 0 Å². The maximum Gasteiger partial charge on any atom is 0.317 e. The lowest BCUT2D eigenvalue weighted by molar-refractivity contribution is -0.142. The second-order valence-electron chi connectivity index (χ2n) is 6.56. The number of nitrogens with one attached hydrogen (secondary N) is 1. The van der Waals surface area contributed by atoms with Crippen molar-refractivity contribution in [1.82, 2.24) is 15.1 Å². The fourth-order valence-electron chi connectivity index (χ4n) is 3.41. The minimum atomic E-state index is -0.796. The first-order valence-electron chi connectivity index (χ1n) is 7.90. The normalized spacial score (nSPS) is 27.5. The number of piperidine rings is 1. The van der Waals surface area contributed by atoms with E-state index in [0.29, 0.717) is 12.3 Å². The number of likely N-dealkylation sites (tertiary alicyclic amines) is 1. The Labute approximate surface area is 126 Å². The lowest BCUT2D eigenvalue weighted by Gasteiger charge is -2.32. The third-order valence-corrected chi connectivity index (χ3v) is 4.86. The fourth-order valence-corrected chi connectivity index (χ4v) is 3.41. The Morgan fingerprint density at radius 3 is 2.52 bits per heavy atom. The van der Waals surface area contributed by atoms with Gasteiger partial charge in [0, 0.05) is 19.6 Å². The number of carboxylic acids is 1. The Hall–Kier alpha value is -1.30. The highest BCUT2D eigenvalue weighted by Crippen LogP contribution is 2.26. The van der Waals surface area contributed by atoms with Gasteiger partial charge in [0.1, 0.15) is 0 Å². The number of hydrogen-bond acceptors (Lipinski definition) is 3. The summed E-state index contributed by atoms with van der Waals surface area (Å²) in [5.74, 6) is -0.669. The van der Waals surface area contributed by atoms with Crippen LogP contribution in [0.4, 0.5) is 4.79 Å². The summed E-state index contributed by atoms with van der Waals surface area (Å²) in [4.78, 5) is 27.4. The zero-order chi connectivity index (χ0) is 15.4. The van der Waals surface area contributed by atoms with E-state index in [1.54, 1.807) is 11.9 Å². The number of hydrogen-bond donors (Lipinski definition) is 2. The molecule has 0 spiro atoms. The zero-order valence-corrected chi connectivity index (χ0v) is 13.0. The van der Waals surface area contributed by atoms with Crippen molar-refractivity contribution in [1.29, 1.82) is 0 Å². The number of carbonyl (C=O) groups excluding carboxylic acids is 1. The molecule has 2 N–H and O–H groups in total. The second kappa shape index (κ2) is 7.11. The van der Waals surface area contributed by atoms with Gasteiger partial charge in [-0.15, -0.1) is 0 Å². The van der Waals surface area contributed by atoms with Gasteiger partial charge in [0.2, 0.25) is 0 Å². The third kappa shape index (κ3) is 4.33. The van der Waals surface area contributed by atoms with Crippen molar-refractivity contribution in [3.63, 3.8) is 0 Å². The number of carboxylic acid groups (broad SMARTS) is 1. The molecular formula is C15H27N3O3. The SMILES string of the molecule is CN1CCC(CN(C)C(=O)NC2CCCC2C(=O)O)CC1. The molecule has 0 bridgehead atoms. The highest BCUT2D eigenvalue weighted by Gasteiger charge is 2.34. The molecule has 6 heteroatoms. The summed E-state index contributed by atoms with van der Waals surface area (Å²) in [6.07, 6.45) is 4.55. The van der Waals surface area contributed by atoms with Crippen LogP contribution in [0.25, 0.3) is 0 Å². The topological polar surface area (TPSA) is 72.9 Å². The molecule has 1 saturated heterocycles. The summed E-state index contributed by atoms with van der Waals surface area (Å²) in [6, 6.07) is -0.345. The summed E-state index contributed by atoms with van der Waals surface area (Å²) in [6.45, 7) is 2.93. The van der Waals surface area contributed by atoms with Crippen molar-refractivity contribution < 1.29 is 14.7 Å². The Balaban J connectivity index is 1.78. The van der Waals surface area contributed by atoms with Crippen molar-refractivity contribution in [2.45, 2.75) is 38.1 Å². The Morgan fingerprint density at radius 2 is 1.90 bits per heavy atom. The molecule has 2 amide bonds. The van der Waals surface area contributed by atoms with Crippen LogP contribution in [0.1, 0.15) is 32.1 Å². The molecule has 2 fully saturated rings. The molecule has 0 aromatic carbocycles. The van der Waals surface area contributed by atoms with Gasteiger partial charge in [0.05, 0.1) is 5.92 Å². The first kappa shape index (κ1) is 16.1. The molecule has 0 aromatic rings. The maximum absolute atomic E-state index is 12.2. The predicted octanol–water partition coefficient (Wildman–Crippen LogP) is 1.22. The van der Waals surface area contributed by atoms with Crippen LogP contribution in [0, 0.1) is 11.8 Å². The van der Waals surface area contributed by atoms with Gasteiger partial charge in [0.25, 0.3) is 0 Å². The monoisotopic (exact) mass is 297 g/mol. The smallest absolute Gasteiger partial charge is 0.317 e. The van der Waals surface area contributed by atoms with Crippen molar-refractivity contribution in [2.24, 2.45) is 11.8 Å². The van der Waals surface area contributed by atoms with E-state index in [1.807, 2.05) is 0 Å². The molecule has 120 valence electrons. The van der Waals surface area contributed by atoms with E-state index >= 15 is 0 Å². The van der Waals surface area contributed by atoms with E-state index in [1.165, 1.54) is 0 Å². The predicted molar refractivity (Wildman–Crippen MR) is 80.1 cm³/mol. The quantitative estimate of drug-likeness (QED) is 0.818. The van der Waals surface area contributed by atoms with Gasteiger partial charge in [-0.25, -0.2) is 4.79 Å². The van der Waals surface area contributed by atoms with E-state index in [2.05, 4.69) is 17.3 Å². The van der Waals surface area contributed by atoms with Crippen molar-refractivity contribution >= 4 is 12.0 Å². The van der Waals surface area contributed by atoms with E-state index in [9.17, 15) is 9.59 Å². The number of carbonyl (C=O) groups is 2. The summed E-state index contributed by atoms with van der Waals surface area (Å²) in [5.41, 5.74) is 0. The van der Waals surface area contributed by atoms with Crippen molar-refractivity contribution in [2.75, 3.05) is 33.7 Å². The number of nitrogens with zero attached hydrogens (tertiary/aromatic N) is 2. The Bertz CT molecular complexity index is 380. The lowest BCUT2D eigenvalue weighted by Crippen LogP contribution is -2.48. The van der Waals surface area contributed by atoms with Gasteiger partial charge in [-0.1, -0.05) is 6.42 Å². The van der Waals surface area contributed by atoms with Crippen LogP contribution >= 0.6 is 0 Å². The van der Waals surface area contributed by atoms with Crippen LogP contribution in [0.5, 0.6) is 0 Å². The summed E-state index contributed by atoms with van der Waals surface area (Å²) in [7, 11) is 3.93. The molecule has 2 aliphatic rings. The molecule has 1 aliphatic heterocycles. The molecule has 1 heterocycles. The highest BCUT2D eigenvalue weighted by atomic mass is 16.4. The molecule has 21 heavy (non-hydrogen) atoms. The van der Waals surface area contributed by atoms with E-state index in [0.717, 1.165) is 45.3 Å². The van der Waals surface area contributed by atoms with Crippen molar-refractivity contribution in [3.05, 3.63) is 0 Å². The fraction of sp³-hybridized carbons (Fsp3) is 0.867. The van der Waals surface area contributed by atoms with Gasteiger partial charge >= 0.3 is 12.0 Å². The molecule has 0 radical (unpaired) electrons. The standard InChI is InChI=1S/C15H27N3O3/c1-17-8-6-11(7-9-17)10-18(2)15(21)16-13-5-3-4-12(13)14(19)20/h11-13H,3-10H2,1-2H3,(H,16,21)(H,19,20). The highest BCUT2D eigenvalue weighted by molar-refractivity contribution is 5.77. The van der Waals surface area contributed by atoms with E-state index in [4.69, 9.17) is 5.11 Å². The molecule has 1 aliphatic carbocycles. The van der Waals surface area contributed by atoms with E-state index < -0.39 is 11.9 Å². The Kier molecular flexibility index (Phi) is 5.45. The number of aliphatic carboxylic acids is 1. The average Bonchev–Trinajstić information content (AvgIpc) is 2.89. The van der Waals surface area contributed by atoms with Gasteiger partial charge in [-0.3, -0.25) is 4.79 Å². The first-order valence-corrected chi connectivity index (χ1v) is 7.90. The van der Waals surface area contributed by atoms with Crippen LogP contribution in [0.2, 0.25) is 0 Å².